The third-order valence-electron chi connectivity index (χ3n) is 6.29. The molecule has 0 aliphatic rings. The van der Waals surface area contributed by atoms with Crippen LogP contribution in [0.25, 0.3) is 58.9 Å². The summed E-state index contributed by atoms with van der Waals surface area (Å²) in [5.74, 6) is -0.199. The lowest BCUT2D eigenvalue weighted by Crippen LogP contribution is -1.95. The van der Waals surface area contributed by atoms with Gasteiger partial charge < -0.3 is 0 Å². The van der Waals surface area contributed by atoms with E-state index < -0.39 is 0 Å². The van der Waals surface area contributed by atoms with E-state index in [1.165, 1.54) is 5.56 Å². The Hall–Kier alpha value is -4.02. The van der Waals surface area contributed by atoms with Crippen LogP contribution in [0, 0.1) is 5.82 Å². The van der Waals surface area contributed by atoms with Crippen LogP contribution in [0.2, 0.25) is 0 Å². The first-order valence-corrected chi connectivity index (χ1v) is 11.6. The van der Waals surface area contributed by atoms with E-state index in [0.29, 0.717) is 0 Å². The van der Waals surface area contributed by atoms with E-state index in [1.807, 2.05) is 24.4 Å². The van der Waals surface area contributed by atoms with E-state index in [-0.39, 0.29) is 5.82 Å². The van der Waals surface area contributed by atoms with Crippen LogP contribution in [0.4, 0.5) is 4.39 Å². The highest BCUT2D eigenvalue weighted by Gasteiger charge is 2.16. The summed E-state index contributed by atoms with van der Waals surface area (Å²) in [7, 11) is 0. The number of hydrogen-bond donors (Lipinski definition) is 0. The molecule has 0 saturated heterocycles. The lowest BCUT2D eigenvalue weighted by molar-refractivity contribution is 0.630. The Morgan fingerprint density at radius 3 is 2.39 bits per heavy atom. The Bertz CT molecular complexity index is 1830. The van der Waals surface area contributed by atoms with Gasteiger partial charge in [-0.2, -0.15) is 0 Å². The average molecular weight is 445 g/mol. The third kappa shape index (κ3) is 2.81. The zero-order valence-corrected chi connectivity index (χ0v) is 18.3. The lowest BCUT2D eigenvalue weighted by Gasteiger charge is -2.10. The number of halogens is 1. The third-order valence-corrected chi connectivity index (χ3v) is 7.41. The smallest absolute Gasteiger partial charge is 0.145 e. The zero-order valence-electron chi connectivity index (χ0n) is 17.5. The molecule has 156 valence electrons. The van der Waals surface area contributed by atoms with E-state index in [1.54, 1.807) is 23.5 Å². The molecule has 2 nitrogen and oxygen atoms in total. The van der Waals surface area contributed by atoms with E-state index in [4.69, 9.17) is 4.98 Å². The molecule has 4 heteroatoms. The summed E-state index contributed by atoms with van der Waals surface area (Å²) >= 11 is 1.63. The molecule has 0 amide bonds. The van der Waals surface area contributed by atoms with Crippen molar-refractivity contribution in [2.75, 3.05) is 0 Å². The number of rotatable bonds is 2. The first-order chi connectivity index (χ1) is 16.3. The standard InChI is InChI=1S/C29H17FN2S/c30-20-11-12-22-25-16-24-23-10-5-13-31-29(23)32(26(24)17-28(25)33-27(22)15-20)21-9-4-8-19(14-21)18-6-2-1-3-7-18/h1-17H. The number of benzene rings is 4. The number of hydrogen-bond acceptors (Lipinski definition) is 2. The van der Waals surface area contributed by atoms with Crippen molar-refractivity contribution in [1.29, 1.82) is 0 Å². The molecule has 3 aromatic heterocycles. The van der Waals surface area contributed by atoms with Crippen molar-refractivity contribution in [3.05, 3.63) is 109 Å². The predicted molar refractivity (Wildman–Crippen MR) is 137 cm³/mol. The second-order valence-corrected chi connectivity index (χ2v) is 9.32. The topological polar surface area (TPSA) is 17.8 Å². The Labute approximate surface area is 193 Å². The normalized spacial score (nSPS) is 11.8. The SMILES string of the molecule is Fc1ccc2c(c1)sc1cc3c(cc12)c1cccnc1n3-c1cccc(-c2ccccc2)c1. The van der Waals surface area contributed by atoms with Gasteiger partial charge in [-0.3, -0.25) is 4.57 Å². The minimum atomic E-state index is -0.199. The summed E-state index contributed by atoms with van der Waals surface area (Å²) in [6.45, 7) is 0. The molecule has 0 atom stereocenters. The second-order valence-electron chi connectivity index (χ2n) is 8.23. The molecule has 0 unspecified atom stereocenters. The van der Waals surface area contributed by atoms with Crippen LogP contribution in [0.1, 0.15) is 0 Å². The molecule has 0 bridgehead atoms. The molecule has 0 saturated carbocycles. The van der Waals surface area contributed by atoms with Gasteiger partial charge in [-0.15, -0.1) is 11.3 Å². The fourth-order valence-electron chi connectivity index (χ4n) is 4.80. The Morgan fingerprint density at radius 2 is 1.48 bits per heavy atom. The number of thiophene rings is 1. The maximum absolute atomic E-state index is 13.8. The monoisotopic (exact) mass is 444 g/mol. The fraction of sp³-hybridized carbons (Fsp3) is 0. The van der Waals surface area contributed by atoms with Gasteiger partial charge in [0.2, 0.25) is 0 Å². The summed E-state index contributed by atoms with van der Waals surface area (Å²) in [5, 5.41) is 4.51. The fourth-order valence-corrected chi connectivity index (χ4v) is 5.95. The van der Waals surface area contributed by atoms with Crippen LogP contribution in [-0.2, 0) is 0 Å². The summed E-state index contributed by atoms with van der Waals surface area (Å²) in [6.07, 6.45) is 1.85. The van der Waals surface area contributed by atoms with Gasteiger partial charge in [0, 0.05) is 42.8 Å². The highest BCUT2D eigenvalue weighted by Crippen LogP contribution is 2.40. The van der Waals surface area contributed by atoms with Crippen molar-refractivity contribution < 1.29 is 4.39 Å². The summed E-state index contributed by atoms with van der Waals surface area (Å²) in [4.78, 5) is 4.76. The molecule has 0 radical (unpaired) electrons. The van der Waals surface area contributed by atoms with Crippen LogP contribution >= 0.6 is 11.3 Å². The van der Waals surface area contributed by atoms with Crippen molar-refractivity contribution in [2.24, 2.45) is 0 Å². The van der Waals surface area contributed by atoms with Gasteiger partial charge in [0.1, 0.15) is 11.5 Å². The Kier molecular flexibility index (Phi) is 3.93. The minimum absolute atomic E-state index is 0.199. The van der Waals surface area contributed by atoms with E-state index in [2.05, 4.69) is 71.3 Å². The number of fused-ring (bicyclic) bond motifs is 6. The highest BCUT2D eigenvalue weighted by atomic mass is 32.1. The minimum Gasteiger partial charge on any atom is -0.294 e. The second kappa shape index (κ2) is 6.99. The predicted octanol–water partition coefficient (Wildman–Crippen LogP) is 8.35. The molecule has 0 spiro atoms. The molecule has 0 aliphatic carbocycles. The van der Waals surface area contributed by atoms with Crippen LogP contribution in [0.3, 0.4) is 0 Å². The maximum Gasteiger partial charge on any atom is 0.145 e. The number of nitrogens with zero attached hydrogens (tertiary/aromatic N) is 2. The van der Waals surface area contributed by atoms with Crippen LogP contribution in [0.15, 0.2) is 103 Å². The first-order valence-electron chi connectivity index (χ1n) is 10.8. The van der Waals surface area contributed by atoms with Gasteiger partial charge in [0.25, 0.3) is 0 Å². The van der Waals surface area contributed by atoms with Gasteiger partial charge in [-0.05, 0) is 59.7 Å². The van der Waals surface area contributed by atoms with Gasteiger partial charge in [-0.25, -0.2) is 9.37 Å². The van der Waals surface area contributed by atoms with Gasteiger partial charge in [0.15, 0.2) is 0 Å². The largest absolute Gasteiger partial charge is 0.294 e. The molecule has 7 aromatic rings. The molecule has 0 N–H and O–H groups in total. The van der Waals surface area contributed by atoms with Crippen LogP contribution < -0.4 is 0 Å². The molecule has 33 heavy (non-hydrogen) atoms. The van der Waals surface area contributed by atoms with E-state index in [0.717, 1.165) is 53.4 Å². The molecular formula is C29H17FN2S. The molecule has 3 heterocycles. The quantitative estimate of drug-likeness (QED) is 0.262. The lowest BCUT2D eigenvalue weighted by atomic mass is 10.1. The van der Waals surface area contributed by atoms with Gasteiger partial charge in [0.05, 0.1) is 5.52 Å². The van der Waals surface area contributed by atoms with Crippen molar-refractivity contribution in [2.45, 2.75) is 0 Å². The summed E-state index contributed by atoms with van der Waals surface area (Å²) < 4.78 is 18.2. The number of aromatic nitrogens is 2. The highest BCUT2D eigenvalue weighted by molar-refractivity contribution is 7.25. The number of pyridine rings is 1. The molecule has 7 rings (SSSR count). The molecule has 0 aliphatic heterocycles. The van der Waals surface area contributed by atoms with E-state index in [9.17, 15) is 4.39 Å². The maximum atomic E-state index is 13.8. The summed E-state index contributed by atoms with van der Waals surface area (Å²) in [6, 6.07) is 32.6. The summed E-state index contributed by atoms with van der Waals surface area (Å²) in [5.41, 5.74) is 5.46. The van der Waals surface area contributed by atoms with Crippen molar-refractivity contribution in [1.82, 2.24) is 9.55 Å². The van der Waals surface area contributed by atoms with Gasteiger partial charge >= 0.3 is 0 Å². The van der Waals surface area contributed by atoms with Crippen LogP contribution in [0.5, 0.6) is 0 Å². The Balaban J connectivity index is 1.56. The van der Waals surface area contributed by atoms with Crippen molar-refractivity contribution in [3.8, 4) is 16.8 Å². The van der Waals surface area contributed by atoms with Gasteiger partial charge in [-0.1, -0.05) is 48.5 Å². The zero-order chi connectivity index (χ0) is 21.9. The van der Waals surface area contributed by atoms with Crippen molar-refractivity contribution in [3.63, 3.8) is 0 Å². The van der Waals surface area contributed by atoms with Crippen molar-refractivity contribution >= 4 is 53.4 Å². The van der Waals surface area contributed by atoms with Crippen LogP contribution in [-0.4, -0.2) is 9.55 Å². The molecule has 4 aromatic carbocycles. The van der Waals surface area contributed by atoms with E-state index >= 15 is 0 Å². The average Bonchev–Trinajstić information content (AvgIpc) is 3.37. The molecule has 0 fully saturated rings. The molecular weight excluding hydrogens is 427 g/mol. The first kappa shape index (κ1) is 18.5. The Morgan fingerprint density at radius 1 is 0.636 bits per heavy atom.